The van der Waals surface area contributed by atoms with Gasteiger partial charge in [0.15, 0.2) is 0 Å². The molecule has 0 aromatic heterocycles. The second kappa shape index (κ2) is 7.64. The Morgan fingerprint density at radius 3 is 2.29 bits per heavy atom. The third-order valence-electron chi connectivity index (χ3n) is 4.48. The number of carboxylic acid groups (broad SMARTS) is 1. The lowest BCUT2D eigenvalue weighted by atomic mass is 9.75. The van der Waals surface area contributed by atoms with Crippen LogP contribution in [0.4, 0.5) is 4.79 Å². The van der Waals surface area contributed by atoms with Crippen molar-refractivity contribution in [3.8, 4) is 0 Å². The highest BCUT2D eigenvalue weighted by molar-refractivity contribution is 5.74. The molecule has 1 aliphatic carbocycles. The molecule has 0 aromatic rings. The number of carboxylic acids is 1. The molecular formula is C15H29N3O3. The van der Waals surface area contributed by atoms with Gasteiger partial charge in [0.25, 0.3) is 0 Å². The van der Waals surface area contributed by atoms with Gasteiger partial charge in [-0.05, 0) is 53.6 Å². The van der Waals surface area contributed by atoms with Crippen molar-refractivity contribution in [2.45, 2.75) is 57.5 Å². The van der Waals surface area contributed by atoms with Gasteiger partial charge in [-0.25, -0.2) is 4.79 Å². The Kier molecular flexibility index (Phi) is 6.45. The molecule has 0 bridgehead atoms. The lowest BCUT2D eigenvalue weighted by Crippen LogP contribution is -2.59. The molecule has 0 unspecified atom stereocenters. The van der Waals surface area contributed by atoms with Gasteiger partial charge in [-0.3, -0.25) is 4.79 Å². The summed E-state index contributed by atoms with van der Waals surface area (Å²) in [5.41, 5.74) is 0.0966. The molecule has 21 heavy (non-hydrogen) atoms. The van der Waals surface area contributed by atoms with Gasteiger partial charge in [0.1, 0.15) is 0 Å². The van der Waals surface area contributed by atoms with Crippen LogP contribution in [-0.4, -0.2) is 65.7 Å². The van der Waals surface area contributed by atoms with E-state index in [4.69, 9.17) is 5.11 Å². The molecule has 0 aliphatic heterocycles. The van der Waals surface area contributed by atoms with E-state index in [0.717, 1.165) is 12.8 Å². The summed E-state index contributed by atoms with van der Waals surface area (Å²) in [5, 5.41) is 11.7. The molecule has 2 N–H and O–H groups in total. The highest BCUT2D eigenvalue weighted by Gasteiger charge is 2.39. The molecular weight excluding hydrogens is 270 g/mol. The maximum Gasteiger partial charge on any atom is 0.317 e. The number of hydrogen-bond donors (Lipinski definition) is 2. The van der Waals surface area contributed by atoms with Crippen LogP contribution in [0.25, 0.3) is 0 Å². The topological polar surface area (TPSA) is 72.9 Å². The summed E-state index contributed by atoms with van der Waals surface area (Å²) in [6.45, 7) is 5.03. The van der Waals surface area contributed by atoms with Crippen LogP contribution in [-0.2, 0) is 4.79 Å². The van der Waals surface area contributed by atoms with Crippen molar-refractivity contribution in [3.63, 3.8) is 0 Å². The highest BCUT2D eigenvalue weighted by atomic mass is 16.4. The minimum atomic E-state index is -0.819. The molecule has 0 heterocycles. The van der Waals surface area contributed by atoms with Crippen LogP contribution in [0.2, 0.25) is 0 Å². The SMILES string of the molecule is CC(C)N(CCCC(=O)O)C(=O)NCC1(N(C)C)CCC1. The Morgan fingerprint density at radius 2 is 1.90 bits per heavy atom. The molecule has 0 spiro atoms. The first kappa shape index (κ1) is 17.8. The summed E-state index contributed by atoms with van der Waals surface area (Å²) in [6, 6.07) is -0.0287. The van der Waals surface area contributed by atoms with Gasteiger partial charge >= 0.3 is 12.0 Å². The first-order valence-corrected chi connectivity index (χ1v) is 7.72. The molecule has 6 nitrogen and oxygen atoms in total. The highest BCUT2D eigenvalue weighted by Crippen LogP contribution is 2.35. The molecule has 1 fully saturated rings. The van der Waals surface area contributed by atoms with Crippen molar-refractivity contribution >= 4 is 12.0 Å². The van der Waals surface area contributed by atoms with Gasteiger partial charge in [0.2, 0.25) is 0 Å². The monoisotopic (exact) mass is 299 g/mol. The number of carbonyl (C=O) groups is 2. The van der Waals surface area contributed by atoms with Crippen LogP contribution >= 0.6 is 0 Å². The third-order valence-corrected chi connectivity index (χ3v) is 4.48. The summed E-state index contributed by atoms with van der Waals surface area (Å²) in [5.74, 6) is -0.819. The molecule has 122 valence electrons. The van der Waals surface area contributed by atoms with E-state index in [-0.39, 0.29) is 24.0 Å². The number of carbonyl (C=O) groups excluding carboxylic acids is 1. The average molecular weight is 299 g/mol. The fourth-order valence-corrected chi connectivity index (χ4v) is 2.70. The van der Waals surface area contributed by atoms with Gasteiger partial charge in [0.05, 0.1) is 0 Å². The normalized spacial score (nSPS) is 16.7. The van der Waals surface area contributed by atoms with Crippen LogP contribution < -0.4 is 5.32 Å². The zero-order chi connectivity index (χ0) is 16.0. The third kappa shape index (κ3) is 4.88. The Bertz CT molecular complexity index is 365. The van der Waals surface area contributed by atoms with Crippen molar-refractivity contribution in [2.24, 2.45) is 0 Å². The fourth-order valence-electron chi connectivity index (χ4n) is 2.70. The molecule has 0 radical (unpaired) electrons. The largest absolute Gasteiger partial charge is 0.481 e. The molecule has 1 aliphatic rings. The van der Waals surface area contributed by atoms with Gasteiger partial charge in [-0.2, -0.15) is 0 Å². The smallest absolute Gasteiger partial charge is 0.317 e. The van der Waals surface area contributed by atoms with E-state index < -0.39 is 5.97 Å². The summed E-state index contributed by atoms with van der Waals surface area (Å²) in [4.78, 5) is 26.8. The van der Waals surface area contributed by atoms with Crippen LogP contribution in [0.1, 0.15) is 46.0 Å². The summed E-state index contributed by atoms with van der Waals surface area (Å²) in [6.07, 6.45) is 4.01. The van der Waals surface area contributed by atoms with Crippen LogP contribution in [0.5, 0.6) is 0 Å². The van der Waals surface area contributed by atoms with E-state index in [1.54, 1.807) is 4.90 Å². The van der Waals surface area contributed by atoms with Crippen molar-refractivity contribution in [1.29, 1.82) is 0 Å². The summed E-state index contributed by atoms with van der Waals surface area (Å²) >= 11 is 0. The van der Waals surface area contributed by atoms with E-state index in [9.17, 15) is 9.59 Å². The lowest BCUT2D eigenvalue weighted by Gasteiger charge is -2.47. The van der Waals surface area contributed by atoms with Gasteiger partial charge in [-0.15, -0.1) is 0 Å². The number of nitrogens with one attached hydrogen (secondary N) is 1. The molecule has 0 atom stereocenters. The van der Waals surface area contributed by atoms with E-state index in [1.807, 2.05) is 13.8 Å². The zero-order valence-electron chi connectivity index (χ0n) is 13.7. The zero-order valence-corrected chi connectivity index (χ0v) is 13.7. The van der Waals surface area contributed by atoms with Crippen molar-refractivity contribution in [1.82, 2.24) is 15.1 Å². The first-order valence-electron chi connectivity index (χ1n) is 7.72. The van der Waals surface area contributed by atoms with E-state index in [1.165, 1.54) is 6.42 Å². The van der Waals surface area contributed by atoms with E-state index >= 15 is 0 Å². The summed E-state index contributed by atoms with van der Waals surface area (Å²) in [7, 11) is 4.11. The Labute approximate surface area is 127 Å². The van der Waals surface area contributed by atoms with Crippen molar-refractivity contribution < 1.29 is 14.7 Å². The van der Waals surface area contributed by atoms with E-state index in [2.05, 4.69) is 24.3 Å². The van der Waals surface area contributed by atoms with Crippen LogP contribution in [0, 0.1) is 0 Å². The van der Waals surface area contributed by atoms with Crippen LogP contribution in [0.3, 0.4) is 0 Å². The average Bonchev–Trinajstić information content (AvgIpc) is 2.31. The van der Waals surface area contributed by atoms with Crippen LogP contribution in [0.15, 0.2) is 0 Å². The fraction of sp³-hybridized carbons (Fsp3) is 0.867. The molecule has 1 saturated carbocycles. The Hall–Kier alpha value is -1.30. The number of likely N-dealkylation sites (N-methyl/N-ethyl adjacent to an activating group) is 1. The molecule has 0 saturated heterocycles. The van der Waals surface area contributed by atoms with Gasteiger partial charge in [-0.1, -0.05) is 0 Å². The molecule has 1 rings (SSSR count). The Morgan fingerprint density at radius 1 is 1.29 bits per heavy atom. The predicted octanol–water partition coefficient (Wildman–Crippen LogP) is 1.76. The molecule has 2 amide bonds. The van der Waals surface area contributed by atoms with Crippen molar-refractivity contribution in [3.05, 3.63) is 0 Å². The molecule has 0 aromatic carbocycles. The number of urea groups is 1. The number of nitrogens with zero attached hydrogens (tertiary/aromatic N) is 2. The molecule has 6 heteroatoms. The lowest BCUT2D eigenvalue weighted by molar-refractivity contribution is -0.137. The maximum absolute atomic E-state index is 12.3. The minimum absolute atomic E-state index is 0.0653. The van der Waals surface area contributed by atoms with Crippen molar-refractivity contribution in [2.75, 3.05) is 27.2 Å². The predicted molar refractivity (Wildman–Crippen MR) is 82.4 cm³/mol. The number of hydrogen-bond acceptors (Lipinski definition) is 3. The second-order valence-corrected chi connectivity index (χ2v) is 6.42. The minimum Gasteiger partial charge on any atom is -0.481 e. The summed E-state index contributed by atoms with van der Waals surface area (Å²) < 4.78 is 0. The van der Waals surface area contributed by atoms with Gasteiger partial charge in [0, 0.05) is 31.1 Å². The number of amides is 2. The van der Waals surface area contributed by atoms with E-state index in [0.29, 0.717) is 19.5 Å². The maximum atomic E-state index is 12.3. The standard InChI is InChI=1S/C15H29N3O3/c1-12(2)18(10-5-7-13(19)20)14(21)16-11-15(17(3)4)8-6-9-15/h12H,5-11H2,1-4H3,(H,16,21)(H,19,20). The first-order chi connectivity index (χ1) is 9.78. The number of aliphatic carboxylic acids is 1. The second-order valence-electron chi connectivity index (χ2n) is 6.42. The van der Waals surface area contributed by atoms with Gasteiger partial charge < -0.3 is 20.2 Å². The quantitative estimate of drug-likeness (QED) is 0.716. The number of rotatable bonds is 8. The Balaban J connectivity index is 2.47.